The molecular weight excluding hydrogens is 280 g/mol. The van der Waals surface area contributed by atoms with Crippen LogP contribution in [0.3, 0.4) is 0 Å². The Hall–Kier alpha value is -1.73. The number of anilines is 1. The molecule has 0 radical (unpaired) electrons. The van der Waals surface area contributed by atoms with Crippen molar-refractivity contribution in [1.29, 1.82) is 0 Å². The van der Waals surface area contributed by atoms with E-state index in [2.05, 4.69) is 25.5 Å². The highest BCUT2D eigenvalue weighted by molar-refractivity contribution is 5.77. The molecule has 2 rings (SSSR count). The highest BCUT2D eigenvalue weighted by Gasteiger charge is 2.30. The summed E-state index contributed by atoms with van der Waals surface area (Å²) in [5.74, 6) is 1.74. The fourth-order valence-electron chi connectivity index (χ4n) is 2.69. The van der Waals surface area contributed by atoms with E-state index in [-0.39, 0.29) is 11.9 Å². The third-order valence-electron chi connectivity index (χ3n) is 3.91. The molecule has 0 spiro atoms. The average Bonchev–Trinajstić information content (AvgIpc) is 2.95. The van der Waals surface area contributed by atoms with E-state index >= 15 is 0 Å². The minimum absolute atomic E-state index is 0.118. The summed E-state index contributed by atoms with van der Waals surface area (Å²) in [6.07, 6.45) is 2.06. The van der Waals surface area contributed by atoms with Gasteiger partial charge in [0.05, 0.1) is 18.3 Å². The Labute approximate surface area is 132 Å². The normalized spacial score (nSPS) is 18.5. The Morgan fingerprint density at radius 1 is 1.41 bits per heavy atom. The van der Waals surface area contributed by atoms with Crippen LogP contribution in [0.15, 0.2) is 6.07 Å². The summed E-state index contributed by atoms with van der Waals surface area (Å²) in [5.41, 5.74) is 0.961. The second-order valence-corrected chi connectivity index (χ2v) is 5.80. The first-order chi connectivity index (χ1) is 10.5. The van der Waals surface area contributed by atoms with Gasteiger partial charge in [-0.2, -0.15) is 0 Å². The topological polar surface area (TPSA) is 73.4 Å². The fourth-order valence-corrected chi connectivity index (χ4v) is 2.69. The first kappa shape index (κ1) is 16.6. The van der Waals surface area contributed by atoms with Crippen molar-refractivity contribution in [1.82, 2.24) is 25.1 Å². The number of hydrogen-bond acceptors (Lipinski definition) is 6. The van der Waals surface area contributed by atoms with Gasteiger partial charge in [-0.25, -0.2) is 9.97 Å². The number of rotatable bonds is 6. The third kappa shape index (κ3) is 3.92. The molecule has 0 aliphatic carbocycles. The van der Waals surface area contributed by atoms with E-state index in [1.807, 2.05) is 20.2 Å². The molecule has 1 aliphatic heterocycles. The highest BCUT2D eigenvalue weighted by atomic mass is 16.2. The Kier molecular flexibility index (Phi) is 5.68. The lowest BCUT2D eigenvalue weighted by atomic mass is 10.2. The van der Waals surface area contributed by atoms with Crippen molar-refractivity contribution in [3.8, 4) is 0 Å². The van der Waals surface area contributed by atoms with Gasteiger partial charge < -0.3 is 15.5 Å². The van der Waals surface area contributed by atoms with Crippen molar-refractivity contribution in [2.45, 2.75) is 25.4 Å². The minimum Gasteiger partial charge on any atom is -0.373 e. The van der Waals surface area contributed by atoms with Crippen molar-refractivity contribution in [2.75, 3.05) is 46.6 Å². The van der Waals surface area contributed by atoms with Gasteiger partial charge in [-0.1, -0.05) is 0 Å². The monoisotopic (exact) mass is 306 g/mol. The molecule has 1 aromatic heterocycles. The van der Waals surface area contributed by atoms with E-state index in [1.165, 1.54) is 0 Å². The molecule has 1 atom stereocenters. The Morgan fingerprint density at radius 3 is 2.82 bits per heavy atom. The van der Waals surface area contributed by atoms with Gasteiger partial charge in [-0.05, 0) is 26.4 Å². The Bertz CT molecular complexity index is 519. The van der Waals surface area contributed by atoms with E-state index in [1.54, 1.807) is 19.0 Å². The van der Waals surface area contributed by atoms with Gasteiger partial charge in [0.15, 0.2) is 0 Å². The highest BCUT2D eigenvalue weighted by Crippen LogP contribution is 2.30. The molecule has 22 heavy (non-hydrogen) atoms. The number of nitrogens with one attached hydrogen (secondary N) is 2. The predicted octanol–water partition coefficient (Wildman–Crippen LogP) is 0.463. The SMILES string of the molecule is CNCc1cc(NC)nc(C2CCCN2CC(=O)N(C)C)n1. The third-order valence-corrected chi connectivity index (χ3v) is 3.91. The molecule has 122 valence electrons. The van der Waals surface area contributed by atoms with E-state index in [9.17, 15) is 4.79 Å². The second kappa shape index (κ2) is 7.51. The lowest BCUT2D eigenvalue weighted by Crippen LogP contribution is -2.36. The molecule has 1 fully saturated rings. The largest absolute Gasteiger partial charge is 0.373 e. The lowest BCUT2D eigenvalue weighted by Gasteiger charge is -2.24. The molecule has 1 aliphatic rings. The summed E-state index contributed by atoms with van der Waals surface area (Å²) in [6.45, 7) is 2.04. The molecule has 0 aromatic carbocycles. The molecule has 1 unspecified atom stereocenters. The maximum atomic E-state index is 12.0. The van der Waals surface area contributed by atoms with Gasteiger partial charge in [-0.3, -0.25) is 9.69 Å². The molecule has 1 amide bonds. The lowest BCUT2D eigenvalue weighted by molar-refractivity contribution is -0.130. The summed E-state index contributed by atoms with van der Waals surface area (Å²) in [7, 11) is 7.34. The van der Waals surface area contributed by atoms with E-state index in [4.69, 9.17) is 0 Å². The summed E-state index contributed by atoms with van der Waals surface area (Å²) in [5, 5.41) is 6.21. The van der Waals surface area contributed by atoms with Gasteiger partial charge in [0.2, 0.25) is 5.91 Å². The number of likely N-dealkylation sites (tertiary alicyclic amines) is 1. The first-order valence-corrected chi connectivity index (χ1v) is 7.69. The zero-order valence-corrected chi connectivity index (χ0v) is 13.9. The minimum atomic E-state index is 0.118. The van der Waals surface area contributed by atoms with Crippen molar-refractivity contribution >= 4 is 11.7 Å². The standard InChI is InChI=1S/C15H26N6O/c1-16-9-11-8-13(17-2)19-15(18-11)12-6-5-7-21(12)10-14(22)20(3)4/h8,12,16H,5-7,9-10H2,1-4H3,(H,17,18,19). The molecular formula is C15H26N6O. The molecule has 7 heteroatoms. The van der Waals surface area contributed by atoms with Crippen molar-refractivity contribution in [2.24, 2.45) is 0 Å². The zero-order chi connectivity index (χ0) is 16.1. The molecule has 7 nitrogen and oxygen atoms in total. The van der Waals surface area contributed by atoms with E-state index in [0.717, 1.165) is 36.7 Å². The van der Waals surface area contributed by atoms with Gasteiger partial charge in [0.1, 0.15) is 11.6 Å². The summed E-state index contributed by atoms with van der Waals surface area (Å²) in [4.78, 5) is 25.1. The van der Waals surface area contributed by atoms with Crippen LogP contribution in [-0.4, -0.2) is 67.0 Å². The van der Waals surface area contributed by atoms with Gasteiger partial charge in [0, 0.05) is 33.8 Å². The van der Waals surface area contributed by atoms with Crippen LogP contribution in [0.1, 0.15) is 30.4 Å². The number of aromatic nitrogens is 2. The maximum absolute atomic E-state index is 12.0. The van der Waals surface area contributed by atoms with Crippen LogP contribution in [-0.2, 0) is 11.3 Å². The zero-order valence-electron chi connectivity index (χ0n) is 13.9. The van der Waals surface area contributed by atoms with Gasteiger partial charge >= 0.3 is 0 Å². The Balaban J connectivity index is 2.21. The van der Waals surface area contributed by atoms with Crippen LogP contribution in [0, 0.1) is 0 Å². The number of carbonyl (C=O) groups is 1. The first-order valence-electron chi connectivity index (χ1n) is 7.69. The van der Waals surface area contributed by atoms with Gasteiger partial charge in [-0.15, -0.1) is 0 Å². The molecule has 2 N–H and O–H groups in total. The number of nitrogens with zero attached hydrogens (tertiary/aromatic N) is 4. The molecule has 0 bridgehead atoms. The summed E-state index contributed by atoms with van der Waals surface area (Å²) < 4.78 is 0. The summed E-state index contributed by atoms with van der Waals surface area (Å²) in [6, 6.07) is 2.07. The van der Waals surface area contributed by atoms with Crippen LogP contribution < -0.4 is 10.6 Å². The average molecular weight is 306 g/mol. The number of amides is 1. The van der Waals surface area contributed by atoms with Crippen LogP contribution >= 0.6 is 0 Å². The van der Waals surface area contributed by atoms with E-state index in [0.29, 0.717) is 13.1 Å². The smallest absolute Gasteiger partial charge is 0.236 e. The second-order valence-electron chi connectivity index (χ2n) is 5.80. The van der Waals surface area contributed by atoms with Crippen LogP contribution in [0.4, 0.5) is 5.82 Å². The number of hydrogen-bond donors (Lipinski definition) is 2. The molecule has 1 aromatic rings. The number of likely N-dealkylation sites (N-methyl/N-ethyl adjacent to an activating group) is 1. The molecule has 1 saturated heterocycles. The molecule has 0 saturated carbocycles. The van der Waals surface area contributed by atoms with Crippen molar-refractivity contribution in [3.05, 3.63) is 17.6 Å². The van der Waals surface area contributed by atoms with Crippen LogP contribution in [0.2, 0.25) is 0 Å². The van der Waals surface area contributed by atoms with Crippen molar-refractivity contribution in [3.63, 3.8) is 0 Å². The van der Waals surface area contributed by atoms with Gasteiger partial charge in [0.25, 0.3) is 0 Å². The van der Waals surface area contributed by atoms with Crippen LogP contribution in [0.5, 0.6) is 0 Å². The maximum Gasteiger partial charge on any atom is 0.236 e. The molecule has 2 heterocycles. The quantitative estimate of drug-likeness (QED) is 0.795. The summed E-state index contributed by atoms with van der Waals surface area (Å²) >= 11 is 0. The Morgan fingerprint density at radius 2 is 2.18 bits per heavy atom. The fraction of sp³-hybridized carbons (Fsp3) is 0.667. The van der Waals surface area contributed by atoms with E-state index < -0.39 is 0 Å². The van der Waals surface area contributed by atoms with Crippen molar-refractivity contribution < 1.29 is 4.79 Å². The number of carbonyl (C=O) groups excluding carboxylic acids is 1. The predicted molar refractivity (Wildman–Crippen MR) is 86.6 cm³/mol. The van der Waals surface area contributed by atoms with Crippen LogP contribution in [0.25, 0.3) is 0 Å².